The molecule has 0 radical (unpaired) electrons. The van der Waals surface area contributed by atoms with Crippen LogP contribution in [0, 0.1) is 6.92 Å². The van der Waals surface area contributed by atoms with E-state index in [1.165, 1.54) is 33.4 Å². The summed E-state index contributed by atoms with van der Waals surface area (Å²) in [4.78, 5) is 0. The van der Waals surface area contributed by atoms with Crippen LogP contribution in [0.25, 0.3) is 11.1 Å². The molecule has 0 aromatic heterocycles. The van der Waals surface area contributed by atoms with Gasteiger partial charge in [-0.3, -0.25) is 0 Å². The third kappa shape index (κ3) is 2.88. The second-order valence-electron chi connectivity index (χ2n) is 6.80. The van der Waals surface area contributed by atoms with Crippen LogP contribution in [-0.4, -0.2) is 20.8 Å². The Kier molecular flexibility index (Phi) is 4.46. The second kappa shape index (κ2) is 6.91. The van der Waals surface area contributed by atoms with E-state index in [9.17, 15) is 0 Å². The molecule has 3 heteroatoms. The Morgan fingerprint density at radius 3 is 2.46 bits per heavy atom. The van der Waals surface area contributed by atoms with Crippen LogP contribution in [-0.2, 0) is 11.2 Å². The monoisotopic (exact) mass is 348 g/mol. The molecule has 0 spiro atoms. The van der Waals surface area contributed by atoms with Gasteiger partial charge in [-0.05, 0) is 83.9 Å². The molecule has 3 nitrogen and oxygen atoms in total. The summed E-state index contributed by atoms with van der Waals surface area (Å²) >= 11 is 0. The molecule has 0 saturated heterocycles. The van der Waals surface area contributed by atoms with Crippen LogP contribution < -0.4 is 9.47 Å². The molecular formula is C23H24O3. The Labute approximate surface area is 154 Å². The van der Waals surface area contributed by atoms with Crippen LogP contribution in [0.1, 0.15) is 35.1 Å². The average Bonchev–Trinajstić information content (AvgIpc) is 2.73. The Balaban J connectivity index is 1.99. The summed E-state index contributed by atoms with van der Waals surface area (Å²) in [5.41, 5.74) is 7.78. The molecule has 1 aliphatic heterocycles. The van der Waals surface area contributed by atoms with E-state index in [0.29, 0.717) is 6.61 Å². The van der Waals surface area contributed by atoms with Crippen molar-refractivity contribution in [1.82, 2.24) is 0 Å². The van der Waals surface area contributed by atoms with Gasteiger partial charge in [0.25, 0.3) is 0 Å². The van der Waals surface area contributed by atoms with Gasteiger partial charge in [-0.15, -0.1) is 0 Å². The molecule has 2 bridgehead atoms. The minimum atomic E-state index is 0.434. The number of hydrogen-bond donors (Lipinski definition) is 0. The number of hydrogen-bond acceptors (Lipinski definition) is 3. The van der Waals surface area contributed by atoms with Crippen LogP contribution >= 0.6 is 0 Å². The maximum absolute atomic E-state index is 6.05. The summed E-state index contributed by atoms with van der Waals surface area (Å²) in [5.74, 6) is 2.64. The molecular weight excluding hydrogens is 324 g/mol. The van der Waals surface area contributed by atoms with Crippen molar-refractivity contribution in [2.24, 2.45) is 0 Å². The second-order valence-corrected chi connectivity index (χ2v) is 6.80. The molecule has 4 rings (SSSR count). The summed E-state index contributed by atoms with van der Waals surface area (Å²) in [6, 6.07) is 12.6. The highest BCUT2D eigenvalue weighted by Gasteiger charge is 2.23. The predicted octanol–water partition coefficient (Wildman–Crippen LogP) is 5.17. The SMILES string of the molecule is CO/C1=C/C(c2ccc(OC)cc2)=C2/CCCc3ccc(c(C)c32)OC1. The molecule has 0 amide bonds. The van der Waals surface area contributed by atoms with Gasteiger partial charge in [0.05, 0.1) is 14.2 Å². The summed E-state index contributed by atoms with van der Waals surface area (Å²) < 4.78 is 17.0. The standard InChI is InChI=1S/C23H24O3/c1-15-22-12-9-17-5-4-6-20(23(15)17)21(13-19(25-3)14-26-22)16-7-10-18(24-2)11-8-16/h7-13H,4-6,14H2,1-3H3/b19-13+,21-20+. The number of rotatable bonds is 3. The zero-order valence-electron chi connectivity index (χ0n) is 15.6. The van der Waals surface area contributed by atoms with Gasteiger partial charge in [0.2, 0.25) is 0 Å². The van der Waals surface area contributed by atoms with Crippen molar-refractivity contribution in [3.63, 3.8) is 0 Å². The largest absolute Gasteiger partial charge is 0.497 e. The summed E-state index contributed by atoms with van der Waals surface area (Å²) in [7, 11) is 3.40. The molecule has 2 aromatic carbocycles. The normalized spacial score (nSPS) is 20.8. The fourth-order valence-electron chi connectivity index (χ4n) is 3.97. The van der Waals surface area contributed by atoms with Gasteiger partial charge < -0.3 is 14.2 Å². The number of methoxy groups -OCH3 is 2. The van der Waals surface area contributed by atoms with E-state index in [4.69, 9.17) is 14.2 Å². The molecule has 0 atom stereocenters. The van der Waals surface area contributed by atoms with Crippen molar-refractivity contribution in [3.05, 3.63) is 70.5 Å². The van der Waals surface area contributed by atoms with Gasteiger partial charge in [0, 0.05) is 0 Å². The molecule has 0 saturated carbocycles. The molecule has 0 unspecified atom stereocenters. The Bertz CT molecular complexity index is 888. The molecule has 2 aliphatic rings. The summed E-state index contributed by atoms with van der Waals surface area (Å²) in [6.07, 6.45) is 5.49. The maximum atomic E-state index is 6.05. The van der Waals surface area contributed by atoms with Gasteiger partial charge in [0.1, 0.15) is 23.9 Å². The molecule has 26 heavy (non-hydrogen) atoms. The predicted molar refractivity (Wildman–Crippen MR) is 105 cm³/mol. The van der Waals surface area contributed by atoms with E-state index in [-0.39, 0.29) is 0 Å². The van der Waals surface area contributed by atoms with Crippen molar-refractivity contribution in [2.45, 2.75) is 26.2 Å². The highest BCUT2D eigenvalue weighted by molar-refractivity contribution is 5.98. The highest BCUT2D eigenvalue weighted by Crippen LogP contribution is 2.42. The third-order valence-corrected chi connectivity index (χ3v) is 5.34. The molecule has 1 aliphatic carbocycles. The van der Waals surface area contributed by atoms with Crippen molar-refractivity contribution >= 4 is 11.1 Å². The topological polar surface area (TPSA) is 27.7 Å². The van der Waals surface area contributed by atoms with Crippen molar-refractivity contribution in [1.29, 1.82) is 0 Å². The molecule has 1 heterocycles. The van der Waals surface area contributed by atoms with Gasteiger partial charge >= 0.3 is 0 Å². The lowest BCUT2D eigenvalue weighted by molar-refractivity contribution is 0.219. The van der Waals surface area contributed by atoms with Crippen molar-refractivity contribution in [3.8, 4) is 11.5 Å². The van der Waals surface area contributed by atoms with Crippen LogP contribution in [0.5, 0.6) is 11.5 Å². The zero-order valence-corrected chi connectivity index (χ0v) is 15.6. The van der Waals surface area contributed by atoms with Gasteiger partial charge in [-0.1, -0.05) is 18.2 Å². The van der Waals surface area contributed by atoms with E-state index < -0.39 is 0 Å². The first-order valence-electron chi connectivity index (χ1n) is 9.09. The van der Waals surface area contributed by atoms with Crippen LogP contribution in [0.2, 0.25) is 0 Å². The zero-order chi connectivity index (χ0) is 18.1. The first kappa shape index (κ1) is 16.8. The highest BCUT2D eigenvalue weighted by atomic mass is 16.5. The molecule has 134 valence electrons. The van der Waals surface area contributed by atoms with Crippen molar-refractivity contribution in [2.75, 3.05) is 20.8 Å². The van der Waals surface area contributed by atoms with Crippen LogP contribution in [0.15, 0.2) is 48.2 Å². The number of ether oxygens (including phenoxy) is 3. The quantitative estimate of drug-likeness (QED) is 0.765. The lowest BCUT2D eigenvalue weighted by Gasteiger charge is -2.24. The van der Waals surface area contributed by atoms with E-state index in [1.807, 2.05) is 12.1 Å². The van der Waals surface area contributed by atoms with Gasteiger partial charge in [0.15, 0.2) is 0 Å². The molecule has 0 fully saturated rings. The van der Waals surface area contributed by atoms with Crippen LogP contribution in [0.4, 0.5) is 0 Å². The number of benzene rings is 2. The Morgan fingerprint density at radius 2 is 1.73 bits per heavy atom. The number of allylic oxidation sites excluding steroid dienone is 3. The molecule has 2 aromatic rings. The number of aryl methyl sites for hydroxylation is 1. The third-order valence-electron chi connectivity index (χ3n) is 5.34. The first-order valence-corrected chi connectivity index (χ1v) is 9.09. The lowest BCUT2D eigenvalue weighted by Crippen LogP contribution is -2.07. The van der Waals surface area contributed by atoms with E-state index >= 15 is 0 Å². The first-order chi connectivity index (χ1) is 12.7. The Hall–Kier alpha value is -2.68. The summed E-state index contributed by atoms with van der Waals surface area (Å²) in [6.45, 7) is 2.60. The molecule has 0 N–H and O–H groups in total. The lowest BCUT2D eigenvalue weighted by atomic mass is 9.80. The van der Waals surface area contributed by atoms with E-state index in [2.05, 4.69) is 37.3 Å². The maximum Gasteiger partial charge on any atom is 0.145 e. The van der Waals surface area contributed by atoms with E-state index in [1.54, 1.807) is 14.2 Å². The smallest absolute Gasteiger partial charge is 0.145 e. The van der Waals surface area contributed by atoms with Crippen molar-refractivity contribution < 1.29 is 14.2 Å². The Morgan fingerprint density at radius 1 is 0.923 bits per heavy atom. The fourth-order valence-corrected chi connectivity index (χ4v) is 3.97. The number of fused-ring (bicyclic) bond motifs is 1. The minimum Gasteiger partial charge on any atom is -0.497 e. The van der Waals surface area contributed by atoms with Gasteiger partial charge in [-0.2, -0.15) is 0 Å². The fraction of sp³-hybridized carbons (Fsp3) is 0.304. The minimum absolute atomic E-state index is 0.434. The van der Waals surface area contributed by atoms with E-state index in [0.717, 1.165) is 36.5 Å². The van der Waals surface area contributed by atoms with Crippen LogP contribution in [0.3, 0.4) is 0 Å². The average molecular weight is 348 g/mol. The summed E-state index contributed by atoms with van der Waals surface area (Å²) in [5, 5.41) is 0. The van der Waals surface area contributed by atoms with Gasteiger partial charge in [-0.25, -0.2) is 0 Å².